The van der Waals surface area contributed by atoms with Crippen molar-refractivity contribution < 1.29 is 21.0 Å². The van der Waals surface area contributed by atoms with Gasteiger partial charge in [-0.05, 0) is 18.2 Å². The largest absolute Gasteiger partial charge is 0.488 e. The van der Waals surface area contributed by atoms with Gasteiger partial charge in [0.25, 0.3) is 0 Å². The van der Waals surface area contributed by atoms with Crippen molar-refractivity contribution in [1.82, 2.24) is 5.16 Å². The monoisotopic (exact) mass is 321 g/mol. The molecule has 0 unspecified atom stereocenters. The second-order valence-corrected chi connectivity index (χ2v) is 4.86. The SMILES string of the molecule is O=S(=O)(F)Oc1ccc(Br)cc1-c1ccno1. The van der Waals surface area contributed by atoms with Gasteiger partial charge in [-0.2, -0.15) is 8.42 Å². The highest BCUT2D eigenvalue weighted by Crippen LogP contribution is 2.33. The Bertz CT molecular complexity index is 626. The molecule has 8 heteroatoms. The van der Waals surface area contributed by atoms with E-state index in [0.29, 0.717) is 4.47 Å². The van der Waals surface area contributed by atoms with Gasteiger partial charge in [-0.1, -0.05) is 25.0 Å². The van der Waals surface area contributed by atoms with Crippen LogP contribution < -0.4 is 4.18 Å². The van der Waals surface area contributed by atoms with Crippen LogP contribution in [0.4, 0.5) is 3.89 Å². The normalized spacial score (nSPS) is 11.4. The van der Waals surface area contributed by atoms with Crippen molar-refractivity contribution in [2.75, 3.05) is 0 Å². The summed E-state index contributed by atoms with van der Waals surface area (Å²) < 4.78 is 43.1. The molecule has 0 amide bonds. The third-order valence-corrected chi connectivity index (χ3v) is 2.71. The average molecular weight is 322 g/mol. The molecule has 2 aromatic rings. The van der Waals surface area contributed by atoms with Crippen molar-refractivity contribution in [3.8, 4) is 17.1 Å². The Morgan fingerprint density at radius 2 is 2.12 bits per heavy atom. The van der Waals surface area contributed by atoms with Gasteiger partial charge in [0, 0.05) is 10.5 Å². The van der Waals surface area contributed by atoms with Gasteiger partial charge in [-0.15, -0.1) is 0 Å². The van der Waals surface area contributed by atoms with E-state index < -0.39 is 10.5 Å². The lowest BCUT2D eigenvalue weighted by molar-refractivity contribution is 0.425. The molecule has 0 radical (unpaired) electrons. The van der Waals surface area contributed by atoms with Crippen LogP contribution in [0.3, 0.4) is 0 Å². The van der Waals surface area contributed by atoms with E-state index in [4.69, 9.17) is 4.52 Å². The van der Waals surface area contributed by atoms with Crippen LogP contribution in [0.25, 0.3) is 11.3 Å². The van der Waals surface area contributed by atoms with E-state index in [0.717, 1.165) is 0 Å². The minimum absolute atomic E-state index is 0.174. The van der Waals surface area contributed by atoms with Crippen molar-refractivity contribution in [3.63, 3.8) is 0 Å². The molecule has 0 N–H and O–H groups in total. The Morgan fingerprint density at radius 1 is 1.35 bits per heavy atom. The molecule has 0 aliphatic heterocycles. The smallest absolute Gasteiger partial charge is 0.358 e. The number of hydrogen-bond acceptors (Lipinski definition) is 5. The number of hydrogen-bond donors (Lipinski definition) is 0. The third kappa shape index (κ3) is 3.04. The predicted molar refractivity (Wildman–Crippen MR) is 60.3 cm³/mol. The first-order valence-electron chi connectivity index (χ1n) is 4.30. The van der Waals surface area contributed by atoms with Gasteiger partial charge in [-0.25, -0.2) is 0 Å². The third-order valence-electron chi connectivity index (χ3n) is 1.83. The van der Waals surface area contributed by atoms with Gasteiger partial charge >= 0.3 is 10.5 Å². The molecule has 0 fully saturated rings. The molecular weight excluding hydrogens is 317 g/mol. The zero-order valence-electron chi connectivity index (χ0n) is 8.13. The number of rotatable bonds is 3. The van der Waals surface area contributed by atoms with Crippen LogP contribution >= 0.6 is 15.9 Å². The molecule has 0 saturated heterocycles. The molecule has 0 atom stereocenters. The lowest BCUT2D eigenvalue weighted by Crippen LogP contribution is -2.02. The molecule has 2 rings (SSSR count). The maximum absolute atomic E-state index is 12.5. The summed E-state index contributed by atoms with van der Waals surface area (Å²) in [5.41, 5.74) is 0.276. The number of nitrogens with zero attached hydrogens (tertiary/aromatic N) is 1. The van der Waals surface area contributed by atoms with Gasteiger partial charge in [0.1, 0.15) is 0 Å². The van der Waals surface area contributed by atoms with Gasteiger partial charge in [0.05, 0.1) is 11.8 Å². The van der Waals surface area contributed by atoms with Crippen LogP contribution in [0.5, 0.6) is 5.75 Å². The summed E-state index contributed by atoms with van der Waals surface area (Å²) in [4.78, 5) is 0. The Morgan fingerprint density at radius 3 is 2.71 bits per heavy atom. The summed E-state index contributed by atoms with van der Waals surface area (Å²) in [5, 5.41) is 3.48. The Hall–Kier alpha value is -1.41. The van der Waals surface area contributed by atoms with E-state index in [1.807, 2.05) is 0 Å². The lowest BCUT2D eigenvalue weighted by Gasteiger charge is -2.05. The summed E-state index contributed by atoms with van der Waals surface area (Å²) in [5.74, 6) is 0.0948. The van der Waals surface area contributed by atoms with Gasteiger partial charge < -0.3 is 8.71 Å². The average Bonchev–Trinajstić information content (AvgIpc) is 2.71. The van der Waals surface area contributed by atoms with Crippen LogP contribution in [0.2, 0.25) is 0 Å². The number of aromatic nitrogens is 1. The van der Waals surface area contributed by atoms with Crippen molar-refractivity contribution in [3.05, 3.63) is 34.9 Å². The molecule has 0 bridgehead atoms. The maximum Gasteiger partial charge on any atom is 0.488 e. The molecule has 0 aliphatic carbocycles. The quantitative estimate of drug-likeness (QED) is 0.813. The molecule has 0 spiro atoms. The number of halogens is 2. The fourth-order valence-corrected chi connectivity index (χ4v) is 1.95. The van der Waals surface area contributed by atoms with E-state index in [1.54, 1.807) is 0 Å². The summed E-state index contributed by atoms with van der Waals surface area (Å²) in [6.07, 6.45) is 1.38. The summed E-state index contributed by atoms with van der Waals surface area (Å²) >= 11 is 3.20. The fraction of sp³-hybridized carbons (Fsp3) is 0. The van der Waals surface area contributed by atoms with Gasteiger partial charge in [0.2, 0.25) is 0 Å². The summed E-state index contributed by atoms with van der Waals surface area (Å²) in [6, 6.07) is 5.85. The van der Waals surface area contributed by atoms with E-state index in [2.05, 4.69) is 25.3 Å². The van der Waals surface area contributed by atoms with Crippen LogP contribution in [-0.2, 0) is 10.5 Å². The first kappa shape index (κ1) is 12.1. The highest BCUT2D eigenvalue weighted by molar-refractivity contribution is 9.10. The topological polar surface area (TPSA) is 69.4 Å². The van der Waals surface area contributed by atoms with Crippen molar-refractivity contribution in [2.24, 2.45) is 0 Å². The Labute approximate surface area is 105 Å². The van der Waals surface area contributed by atoms with Crippen molar-refractivity contribution >= 4 is 26.4 Å². The summed E-state index contributed by atoms with van der Waals surface area (Å²) in [6.45, 7) is 0. The minimum Gasteiger partial charge on any atom is -0.358 e. The molecule has 1 aromatic heterocycles. The summed E-state index contributed by atoms with van der Waals surface area (Å²) in [7, 11) is -5.08. The zero-order chi connectivity index (χ0) is 12.5. The van der Waals surface area contributed by atoms with Crippen LogP contribution in [0.1, 0.15) is 0 Å². The first-order valence-corrected chi connectivity index (χ1v) is 6.40. The molecule has 17 heavy (non-hydrogen) atoms. The second-order valence-electron chi connectivity index (χ2n) is 2.99. The van der Waals surface area contributed by atoms with Crippen LogP contribution in [-0.4, -0.2) is 13.6 Å². The molecule has 0 saturated carbocycles. The van der Waals surface area contributed by atoms with Gasteiger partial charge in [0.15, 0.2) is 11.5 Å². The first-order chi connectivity index (χ1) is 7.96. The highest BCUT2D eigenvalue weighted by Gasteiger charge is 2.16. The van der Waals surface area contributed by atoms with Crippen LogP contribution in [0, 0.1) is 0 Å². The van der Waals surface area contributed by atoms with E-state index >= 15 is 0 Å². The van der Waals surface area contributed by atoms with Crippen molar-refractivity contribution in [1.29, 1.82) is 0 Å². The molecule has 1 aromatic carbocycles. The standard InChI is InChI=1S/C9H5BrFNO4S/c10-6-1-2-9(16-17(11,13)14)7(5-6)8-3-4-12-15-8/h1-5H. The maximum atomic E-state index is 12.5. The highest BCUT2D eigenvalue weighted by atomic mass is 79.9. The van der Waals surface area contributed by atoms with E-state index in [1.165, 1.54) is 30.5 Å². The molecular formula is C9H5BrFNO4S. The predicted octanol–water partition coefficient (Wildman–Crippen LogP) is 2.70. The zero-order valence-corrected chi connectivity index (χ0v) is 10.5. The van der Waals surface area contributed by atoms with Crippen LogP contribution in [0.15, 0.2) is 39.5 Å². The molecule has 90 valence electrons. The Balaban J connectivity index is 2.53. The molecule has 1 heterocycles. The Kier molecular flexibility index (Phi) is 3.16. The van der Waals surface area contributed by atoms with Gasteiger partial charge in [-0.3, -0.25) is 0 Å². The fourth-order valence-electron chi connectivity index (χ4n) is 1.23. The molecule has 5 nitrogen and oxygen atoms in total. The minimum atomic E-state index is -5.08. The molecule has 0 aliphatic rings. The van der Waals surface area contributed by atoms with E-state index in [9.17, 15) is 12.3 Å². The lowest BCUT2D eigenvalue weighted by atomic mass is 10.1. The van der Waals surface area contributed by atoms with Crippen molar-refractivity contribution in [2.45, 2.75) is 0 Å². The second kappa shape index (κ2) is 4.46. The van der Waals surface area contributed by atoms with E-state index in [-0.39, 0.29) is 17.1 Å². The number of benzene rings is 1.